The largest absolute Gasteiger partial charge is 0.356 e. The minimum Gasteiger partial charge on any atom is -0.356 e. The fraction of sp³-hybridized carbons (Fsp3) is 0. The highest BCUT2D eigenvalue weighted by Gasteiger charge is 2.02. The molecule has 0 heterocycles. The van der Waals surface area contributed by atoms with Crippen LogP contribution >= 0.6 is 15.9 Å². The van der Waals surface area contributed by atoms with E-state index >= 15 is 0 Å². The molecule has 0 radical (unpaired) electrons. The van der Waals surface area contributed by atoms with Crippen molar-refractivity contribution >= 4 is 44.7 Å². The van der Waals surface area contributed by atoms with E-state index in [4.69, 9.17) is 0 Å². The molecule has 0 aliphatic rings. The number of nitrogens with one attached hydrogen (secondary N) is 3. The van der Waals surface area contributed by atoms with Gasteiger partial charge in [0.05, 0.1) is 0 Å². The number of halogens is 1. The van der Waals surface area contributed by atoms with Crippen LogP contribution in [0.3, 0.4) is 0 Å². The lowest BCUT2D eigenvalue weighted by Gasteiger charge is -2.10. The molecule has 0 saturated carbocycles. The van der Waals surface area contributed by atoms with Gasteiger partial charge in [0.1, 0.15) is 0 Å². The fourth-order valence-corrected chi connectivity index (χ4v) is 2.42. The number of carbonyl (C=O) groups is 1. The zero-order valence-electron chi connectivity index (χ0n) is 12.8. The smallest absolute Gasteiger partial charge is 0.323 e. The summed E-state index contributed by atoms with van der Waals surface area (Å²) in [6.07, 6.45) is 0. The molecule has 0 unspecified atom stereocenters. The fourth-order valence-electron chi connectivity index (χ4n) is 2.15. The van der Waals surface area contributed by atoms with Crippen molar-refractivity contribution in [2.75, 3.05) is 16.0 Å². The molecule has 0 fully saturated rings. The summed E-state index contributed by atoms with van der Waals surface area (Å²) in [4.78, 5) is 11.9. The maximum atomic E-state index is 11.9. The van der Waals surface area contributed by atoms with Crippen molar-refractivity contribution in [1.82, 2.24) is 0 Å². The number of anilines is 4. The topological polar surface area (TPSA) is 53.2 Å². The lowest BCUT2D eigenvalue weighted by Crippen LogP contribution is -2.19. The molecule has 3 rings (SSSR count). The highest BCUT2D eigenvalue weighted by molar-refractivity contribution is 9.10. The van der Waals surface area contributed by atoms with Gasteiger partial charge in [-0.1, -0.05) is 34.1 Å². The van der Waals surface area contributed by atoms with Crippen LogP contribution in [0.1, 0.15) is 0 Å². The SMILES string of the molecule is O=C(Nc1ccccc1)Nc1ccc(Nc2ccc(Br)cc2)cc1. The molecule has 2 amide bonds. The predicted octanol–water partition coefficient (Wildman–Crippen LogP) is 5.84. The van der Waals surface area contributed by atoms with Crippen molar-refractivity contribution in [2.45, 2.75) is 0 Å². The molecule has 120 valence electrons. The Labute approximate surface area is 149 Å². The molecule has 3 N–H and O–H groups in total. The zero-order chi connectivity index (χ0) is 16.8. The Morgan fingerprint density at radius 2 is 1.08 bits per heavy atom. The van der Waals surface area contributed by atoms with Crippen LogP contribution < -0.4 is 16.0 Å². The molecule has 5 heteroatoms. The van der Waals surface area contributed by atoms with E-state index in [1.165, 1.54) is 0 Å². The van der Waals surface area contributed by atoms with Gasteiger partial charge < -0.3 is 16.0 Å². The van der Waals surface area contributed by atoms with Crippen molar-refractivity contribution in [1.29, 1.82) is 0 Å². The quantitative estimate of drug-likeness (QED) is 0.531. The molecular weight excluding hydrogens is 366 g/mol. The van der Waals surface area contributed by atoms with Gasteiger partial charge in [-0.15, -0.1) is 0 Å². The van der Waals surface area contributed by atoms with Crippen molar-refractivity contribution in [2.24, 2.45) is 0 Å². The van der Waals surface area contributed by atoms with E-state index in [0.29, 0.717) is 0 Å². The summed E-state index contributed by atoms with van der Waals surface area (Å²) in [7, 11) is 0. The van der Waals surface area contributed by atoms with E-state index < -0.39 is 0 Å². The first-order chi connectivity index (χ1) is 11.7. The predicted molar refractivity (Wildman–Crippen MR) is 103 cm³/mol. The molecule has 3 aromatic rings. The number of rotatable bonds is 4. The average molecular weight is 382 g/mol. The normalized spacial score (nSPS) is 10.0. The lowest BCUT2D eigenvalue weighted by atomic mass is 10.2. The summed E-state index contributed by atoms with van der Waals surface area (Å²) in [5.41, 5.74) is 3.43. The van der Waals surface area contributed by atoms with E-state index in [-0.39, 0.29) is 6.03 Å². The summed E-state index contributed by atoms with van der Waals surface area (Å²) in [6.45, 7) is 0. The van der Waals surface area contributed by atoms with E-state index in [1.54, 1.807) is 0 Å². The molecule has 0 bridgehead atoms. The number of amides is 2. The van der Waals surface area contributed by atoms with Crippen LogP contribution in [-0.4, -0.2) is 6.03 Å². The molecule has 0 aliphatic heterocycles. The highest BCUT2D eigenvalue weighted by atomic mass is 79.9. The Hall–Kier alpha value is -2.79. The Bertz CT molecular complexity index is 802. The molecule has 3 aromatic carbocycles. The van der Waals surface area contributed by atoms with E-state index in [2.05, 4.69) is 31.9 Å². The van der Waals surface area contributed by atoms with Gasteiger partial charge in [0.15, 0.2) is 0 Å². The zero-order valence-corrected chi connectivity index (χ0v) is 14.4. The second-order valence-corrected chi connectivity index (χ2v) is 6.07. The number of para-hydroxylation sites is 1. The summed E-state index contributed by atoms with van der Waals surface area (Å²) in [5, 5.41) is 8.89. The van der Waals surface area contributed by atoms with Crippen molar-refractivity contribution in [3.8, 4) is 0 Å². The maximum Gasteiger partial charge on any atom is 0.323 e. The summed E-state index contributed by atoms with van der Waals surface area (Å²) in [5.74, 6) is 0. The van der Waals surface area contributed by atoms with Gasteiger partial charge in [-0.2, -0.15) is 0 Å². The minimum atomic E-state index is -0.269. The minimum absolute atomic E-state index is 0.269. The third kappa shape index (κ3) is 4.60. The highest BCUT2D eigenvalue weighted by Crippen LogP contribution is 2.21. The van der Waals surface area contributed by atoms with Gasteiger partial charge in [-0.3, -0.25) is 0 Å². The summed E-state index contributed by atoms with van der Waals surface area (Å²) in [6, 6.07) is 24.5. The van der Waals surface area contributed by atoms with Crippen LogP contribution in [-0.2, 0) is 0 Å². The Kier molecular flexibility index (Phi) is 5.13. The van der Waals surface area contributed by atoms with Crippen molar-refractivity contribution in [3.05, 3.63) is 83.3 Å². The molecule has 0 atom stereocenters. The van der Waals surface area contributed by atoms with Crippen LogP contribution in [0.5, 0.6) is 0 Å². The van der Waals surface area contributed by atoms with Gasteiger partial charge in [0.2, 0.25) is 0 Å². The van der Waals surface area contributed by atoms with Gasteiger partial charge in [0, 0.05) is 27.2 Å². The molecule has 0 aromatic heterocycles. The van der Waals surface area contributed by atoms with Gasteiger partial charge in [0.25, 0.3) is 0 Å². The first-order valence-corrected chi connectivity index (χ1v) is 8.24. The number of hydrogen-bond acceptors (Lipinski definition) is 2. The van der Waals surface area contributed by atoms with Gasteiger partial charge >= 0.3 is 6.03 Å². The molecule has 0 aliphatic carbocycles. The molecule has 0 saturated heterocycles. The van der Waals surface area contributed by atoms with Crippen molar-refractivity contribution in [3.63, 3.8) is 0 Å². The van der Waals surface area contributed by atoms with Crippen LogP contribution in [0.25, 0.3) is 0 Å². The standard InChI is InChI=1S/C19H16BrN3O/c20-14-6-8-16(9-7-14)21-17-10-12-18(13-11-17)23-19(24)22-15-4-2-1-3-5-15/h1-13,21H,(H2,22,23,24). The van der Waals surface area contributed by atoms with Crippen LogP contribution in [0.2, 0.25) is 0 Å². The number of urea groups is 1. The second kappa shape index (κ2) is 7.66. The lowest BCUT2D eigenvalue weighted by molar-refractivity contribution is 0.262. The van der Waals surface area contributed by atoms with E-state index in [0.717, 1.165) is 27.2 Å². The monoisotopic (exact) mass is 381 g/mol. The van der Waals surface area contributed by atoms with E-state index in [1.807, 2.05) is 78.9 Å². The number of benzene rings is 3. The molecular formula is C19H16BrN3O. The summed E-state index contributed by atoms with van der Waals surface area (Å²) >= 11 is 3.41. The third-order valence-electron chi connectivity index (χ3n) is 3.31. The molecule has 4 nitrogen and oxygen atoms in total. The second-order valence-electron chi connectivity index (χ2n) is 5.15. The van der Waals surface area contributed by atoms with Crippen LogP contribution in [0, 0.1) is 0 Å². The van der Waals surface area contributed by atoms with Gasteiger partial charge in [-0.05, 0) is 60.7 Å². The summed E-state index contributed by atoms with van der Waals surface area (Å²) < 4.78 is 1.04. The first-order valence-electron chi connectivity index (χ1n) is 7.45. The maximum absolute atomic E-state index is 11.9. The van der Waals surface area contributed by atoms with Crippen molar-refractivity contribution < 1.29 is 4.79 Å². The first kappa shape index (κ1) is 16.1. The van der Waals surface area contributed by atoms with E-state index in [9.17, 15) is 4.79 Å². The van der Waals surface area contributed by atoms with Crippen LogP contribution in [0.4, 0.5) is 27.5 Å². The Morgan fingerprint density at radius 3 is 1.67 bits per heavy atom. The Balaban J connectivity index is 1.58. The molecule has 0 spiro atoms. The Morgan fingerprint density at radius 1 is 0.625 bits per heavy atom. The number of carbonyl (C=O) groups excluding carboxylic acids is 1. The average Bonchev–Trinajstić information content (AvgIpc) is 2.59. The third-order valence-corrected chi connectivity index (χ3v) is 3.84. The molecule has 24 heavy (non-hydrogen) atoms. The van der Waals surface area contributed by atoms with Gasteiger partial charge in [-0.25, -0.2) is 4.79 Å². The number of hydrogen-bond donors (Lipinski definition) is 3. The van der Waals surface area contributed by atoms with Crippen LogP contribution in [0.15, 0.2) is 83.3 Å².